The summed E-state index contributed by atoms with van der Waals surface area (Å²) >= 11 is 3.44. The van der Waals surface area contributed by atoms with Gasteiger partial charge in [-0.25, -0.2) is 0 Å². The molecule has 1 fully saturated rings. The van der Waals surface area contributed by atoms with Crippen LogP contribution in [0.15, 0.2) is 33.2 Å². The molecule has 110 valence electrons. The van der Waals surface area contributed by atoms with E-state index in [1.807, 2.05) is 29.2 Å². The third-order valence-corrected chi connectivity index (χ3v) is 4.00. The van der Waals surface area contributed by atoms with Crippen molar-refractivity contribution >= 4 is 21.9 Å². The Hall–Kier alpha value is -1.73. The van der Waals surface area contributed by atoms with E-state index in [1.54, 1.807) is 0 Å². The van der Waals surface area contributed by atoms with E-state index in [2.05, 4.69) is 26.1 Å². The van der Waals surface area contributed by atoms with Crippen LogP contribution in [0.1, 0.15) is 18.7 Å². The first kappa shape index (κ1) is 14.2. The van der Waals surface area contributed by atoms with Gasteiger partial charge in [-0.15, -0.1) is 10.2 Å². The van der Waals surface area contributed by atoms with E-state index in [9.17, 15) is 4.79 Å². The first-order valence-corrected chi connectivity index (χ1v) is 7.46. The first-order chi connectivity index (χ1) is 10.1. The maximum Gasteiger partial charge on any atom is 0.317 e. The van der Waals surface area contributed by atoms with Gasteiger partial charge in [0.15, 0.2) is 0 Å². The highest BCUT2D eigenvalue weighted by molar-refractivity contribution is 9.10. The highest BCUT2D eigenvalue weighted by Crippen LogP contribution is 2.29. The number of carbonyl (C=O) groups is 1. The van der Waals surface area contributed by atoms with Crippen molar-refractivity contribution in [2.75, 3.05) is 6.54 Å². The quantitative estimate of drug-likeness (QED) is 0.861. The van der Waals surface area contributed by atoms with Gasteiger partial charge >= 0.3 is 5.97 Å². The van der Waals surface area contributed by atoms with Gasteiger partial charge in [-0.2, -0.15) is 0 Å². The number of carboxylic acid groups (broad SMARTS) is 1. The fourth-order valence-corrected chi connectivity index (χ4v) is 2.62. The maximum absolute atomic E-state index is 10.9. The van der Waals surface area contributed by atoms with Crippen molar-refractivity contribution in [3.63, 3.8) is 0 Å². The Labute approximate surface area is 129 Å². The monoisotopic (exact) mass is 351 g/mol. The number of benzene rings is 1. The highest BCUT2D eigenvalue weighted by atomic mass is 79.9. The number of hydrogen-bond donors (Lipinski definition) is 1. The van der Waals surface area contributed by atoms with Crippen LogP contribution in [0.2, 0.25) is 0 Å². The molecule has 0 atom stereocenters. The van der Waals surface area contributed by atoms with Crippen LogP contribution in [0, 0.1) is 0 Å². The van der Waals surface area contributed by atoms with Crippen LogP contribution in [0.5, 0.6) is 0 Å². The molecule has 0 radical (unpaired) electrons. The van der Waals surface area contributed by atoms with Crippen molar-refractivity contribution in [3.8, 4) is 11.5 Å². The van der Waals surface area contributed by atoms with Gasteiger partial charge in [-0.1, -0.05) is 12.1 Å². The Morgan fingerprint density at radius 1 is 1.38 bits per heavy atom. The van der Waals surface area contributed by atoms with Crippen LogP contribution in [0.25, 0.3) is 11.5 Å². The van der Waals surface area contributed by atoms with Gasteiger partial charge in [0.05, 0.1) is 18.7 Å². The van der Waals surface area contributed by atoms with Gasteiger partial charge in [0.25, 0.3) is 0 Å². The fraction of sp³-hybridized carbons (Fsp3) is 0.357. The Balaban J connectivity index is 1.75. The zero-order valence-electron chi connectivity index (χ0n) is 11.2. The molecule has 3 rings (SSSR count). The summed E-state index contributed by atoms with van der Waals surface area (Å²) in [5.41, 5.74) is 0.826. The second-order valence-electron chi connectivity index (χ2n) is 5.01. The van der Waals surface area contributed by atoms with E-state index in [-0.39, 0.29) is 6.54 Å². The minimum Gasteiger partial charge on any atom is -0.480 e. The van der Waals surface area contributed by atoms with E-state index in [0.717, 1.165) is 22.9 Å². The second-order valence-corrected chi connectivity index (χ2v) is 5.87. The molecule has 0 spiro atoms. The number of hydrogen-bond acceptors (Lipinski definition) is 5. The minimum atomic E-state index is -0.840. The van der Waals surface area contributed by atoms with Gasteiger partial charge < -0.3 is 9.52 Å². The molecule has 0 amide bonds. The molecule has 2 aromatic rings. The van der Waals surface area contributed by atoms with E-state index in [4.69, 9.17) is 9.52 Å². The molecule has 0 unspecified atom stereocenters. The molecule has 0 aliphatic heterocycles. The molecule has 1 aliphatic rings. The summed E-state index contributed by atoms with van der Waals surface area (Å²) in [6.45, 7) is 0.367. The molecule has 1 aromatic carbocycles. The zero-order valence-corrected chi connectivity index (χ0v) is 12.8. The number of halogens is 1. The summed E-state index contributed by atoms with van der Waals surface area (Å²) in [5, 5.41) is 17.0. The SMILES string of the molecule is O=C(O)CN(Cc1nnc(-c2ccccc2Br)o1)C1CC1. The molecule has 0 saturated heterocycles. The number of carboxylic acids is 1. The van der Waals surface area contributed by atoms with Gasteiger partial charge in [0.2, 0.25) is 11.8 Å². The average molecular weight is 352 g/mol. The summed E-state index contributed by atoms with van der Waals surface area (Å²) < 4.78 is 6.53. The second kappa shape index (κ2) is 5.95. The van der Waals surface area contributed by atoms with Crippen molar-refractivity contribution in [2.24, 2.45) is 0 Å². The van der Waals surface area contributed by atoms with Crippen LogP contribution >= 0.6 is 15.9 Å². The lowest BCUT2D eigenvalue weighted by Gasteiger charge is -2.16. The van der Waals surface area contributed by atoms with E-state index < -0.39 is 5.97 Å². The third-order valence-electron chi connectivity index (χ3n) is 3.31. The van der Waals surface area contributed by atoms with Crippen molar-refractivity contribution < 1.29 is 14.3 Å². The fourth-order valence-electron chi connectivity index (χ4n) is 2.16. The molecular formula is C14H14BrN3O3. The van der Waals surface area contributed by atoms with Crippen molar-refractivity contribution in [2.45, 2.75) is 25.4 Å². The lowest BCUT2D eigenvalue weighted by Crippen LogP contribution is -2.31. The number of aliphatic carboxylic acids is 1. The summed E-state index contributed by atoms with van der Waals surface area (Å²) in [5.74, 6) is 0.0323. The lowest BCUT2D eigenvalue weighted by molar-refractivity contribution is -0.138. The van der Waals surface area contributed by atoms with Crippen LogP contribution in [0.4, 0.5) is 0 Å². The first-order valence-electron chi connectivity index (χ1n) is 6.66. The average Bonchev–Trinajstić information content (AvgIpc) is 3.19. The van der Waals surface area contributed by atoms with Crippen LogP contribution in [-0.4, -0.2) is 38.8 Å². The number of rotatable bonds is 6. The molecule has 1 aromatic heterocycles. The smallest absolute Gasteiger partial charge is 0.317 e. The van der Waals surface area contributed by atoms with Crippen LogP contribution in [-0.2, 0) is 11.3 Å². The summed E-state index contributed by atoms with van der Waals surface area (Å²) in [6, 6.07) is 7.91. The molecule has 21 heavy (non-hydrogen) atoms. The third kappa shape index (κ3) is 3.48. The summed E-state index contributed by atoms with van der Waals surface area (Å²) in [4.78, 5) is 12.7. The molecule has 1 N–H and O–H groups in total. The molecule has 7 heteroatoms. The standard InChI is InChI=1S/C14H14BrN3O3/c15-11-4-2-1-3-10(11)14-17-16-12(21-14)7-18(8-13(19)20)9-5-6-9/h1-4,9H,5-8H2,(H,19,20). The zero-order chi connectivity index (χ0) is 14.8. The topological polar surface area (TPSA) is 79.5 Å². The van der Waals surface area contributed by atoms with Gasteiger partial charge in [-0.05, 0) is 40.9 Å². The molecule has 1 aliphatic carbocycles. The summed E-state index contributed by atoms with van der Waals surface area (Å²) in [6.07, 6.45) is 2.05. The van der Waals surface area contributed by atoms with Crippen molar-refractivity contribution in [1.82, 2.24) is 15.1 Å². The Kier molecular flexibility index (Phi) is 4.03. The number of nitrogens with zero attached hydrogens (tertiary/aromatic N) is 3. The molecule has 0 bridgehead atoms. The van der Waals surface area contributed by atoms with Gasteiger partial charge in [0.1, 0.15) is 0 Å². The predicted octanol–water partition coefficient (Wildman–Crippen LogP) is 2.55. The predicted molar refractivity (Wildman–Crippen MR) is 78.5 cm³/mol. The van der Waals surface area contributed by atoms with E-state index in [1.165, 1.54) is 0 Å². The minimum absolute atomic E-state index is 0.00257. The highest BCUT2D eigenvalue weighted by Gasteiger charge is 2.31. The van der Waals surface area contributed by atoms with E-state index in [0.29, 0.717) is 24.4 Å². The van der Waals surface area contributed by atoms with Crippen LogP contribution in [0.3, 0.4) is 0 Å². The Morgan fingerprint density at radius 2 is 2.14 bits per heavy atom. The van der Waals surface area contributed by atoms with E-state index >= 15 is 0 Å². The lowest BCUT2D eigenvalue weighted by atomic mass is 10.2. The molecule has 1 heterocycles. The maximum atomic E-state index is 10.9. The van der Waals surface area contributed by atoms with Gasteiger partial charge in [-0.3, -0.25) is 9.69 Å². The van der Waals surface area contributed by atoms with Crippen molar-refractivity contribution in [1.29, 1.82) is 0 Å². The van der Waals surface area contributed by atoms with Gasteiger partial charge in [0, 0.05) is 10.5 Å². The Bertz CT molecular complexity index is 654. The normalized spacial score (nSPS) is 14.6. The molecule has 1 saturated carbocycles. The molecule has 6 nitrogen and oxygen atoms in total. The number of aromatic nitrogens is 2. The largest absolute Gasteiger partial charge is 0.480 e. The molecular weight excluding hydrogens is 338 g/mol. The van der Waals surface area contributed by atoms with Crippen molar-refractivity contribution in [3.05, 3.63) is 34.6 Å². The van der Waals surface area contributed by atoms with Crippen LogP contribution < -0.4 is 0 Å². The summed E-state index contributed by atoms with van der Waals surface area (Å²) in [7, 11) is 0. The Morgan fingerprint density at radius 3 is 2.81 bits per heavy atom.